The summed E-state index contributed by atoms with van der Waals surface area (Å²) in [5.74, 6) is 1.72. The molecule has 0 N–H and O–H groups in total. The summed E-state index contributed by atoms with van der Waals surface area (Å²) in [6.07, 6.45) is 4.64. The van der Waals surface area contributed by atoms with E-state index in [9.17, 15) is 4.79 Å². The Hall–Kier alpha value is -1.44. The zero-order chi connectivity index (χ0) is 17.2. The lowest BCUT2D eigenvalue weighted by Crippen LogP contribution is -2.44. The van der Waals surface area contributed by atoms with E-state index in [1.54, 1.807) is 0 Å². The third kappa shape index (κ3) is 3.88. The Balaban J connectivity index is 1.35. The molecule has 3 aliphatic rings. The van der Waals surface area contributed by atoms with Crippen molar-refractivity contribution in [3.8, 4) is 0 Å². The average Bonchev–Trinajstić information content (AvgIpc) is 3.22. The van der Waals surface area contributed by atoms with Crippen LogP contribution in [-0.2, 0) is 27.9 Å². The van der Waals surface area contributed by atoms with Crippen LogP contribution in [0.4, 0.5) is 0 Å². The first-order valence-corrected chi connectivity index (χ1v) is 9.32. The fourth-order valence-electron chi connectivity index (χ4n) is 4.51. The molecule has 1 amide bonds. The van der Waals surface area contributed by atoms with Gasteiger partial charge in [0.15, 0.2) is 0 Å². The molecule has 0 spiro atoms. The third-order valence-corrected chi connectivity index (χ3v) is 5.80. The van der Waals surface area contributed by atoms with Gasteiger partial charge in [-0.25, -0.2) is 0 Å². The standard InChI is InChI=1S/C18H28N4O3/c1-20-8-14(7-19-20)9-21-10-16-13-25-12-15(17(16)11-21)6-18(23)22-2-4-24-5-3-22/h7-8,15-17H,2-6,9-13H2,1H3/t15-,16-,17+/m1/s1. The topological polar surface area (TPSA) is 59.8 Å². The van der Waals surface area contributed by atoms with Gasteiger partial charge >= 0.3 is 0 Å². The summed E-state index contributed by atoms with van der Waals surface area (Å²) in [5.41, 5.74) is 1.25. The lowest BCUT2D eigenvalue weighted by atomic mass is 9.81. The van der Waals surface area contributed by atoms with Crippen LogP contribution in [0, 0.1) is 17.8 Å². The highest BCUT2D eigenvalue weighted by Crippen LogP contribution is 2.36. The highest BCUT2D eigenvalue weighted by atomic mass is 16.5. The molecule has 0 unspecified atom stereocenters. The summed E-state index contributed by atoms with van der Waals surface area (Å²) in [6, 6.07) is 0. The van der Waals surface area contributed by atoms with Crippen LogP contribution in [0.2, 0.25) is 0 Å². The Morgan fingerprint density at radius 2 is 2.08 bits per heavy atom. The van der Waals surface area contributed by atoms with E-state index >= 15 is 0 Å². The van der Waals surface area contributed by atoms with Crippen LogP contribution >= 0.6 is 0 Å². The summed E-state index contributed by atoms with van der Waals surface area (Å²) >= 11 is 0. The number of carbonyl (C=O) groups is 1. The van der Waals surface area contributed by atoms with Gasteiger partial charge < -0.3 is 14.4 Å². The molecule has 1 aromatic heterocycles. The first-order chi connectivity index (χ1) is 12.2. The summed E-state index contributed by atoms with van der Waals surface area (Å²) in [4.78, 5) is 17.1. The number of nitrogens with zero attached hydrogens (tertiary/aromatic N) is 4. The van der Waals surface area contributed by atoms with E-state index in [0.29, 0.717) is 37.4 Å². The normalized spacial score (nSPS) is 30.4. The predicted octanol–water partition coefficient (Wildman–Crippen LogP) is 0.363. The summed E-state index contributed by atoms with van der Waals surface area (Å²) in [7, 11) is 1.95. The van der Waals surface area contributed by atoms with Gasteiger partial charge in [-0.05, 0) is 17.8 Å². The lowest BCUT2D eigenvalue weighted by Gasteiger charge is -2.35. The van der Waals surface area contributed by atoms with Crippen LogP contribution in [0.25, 0.3) is 0 Å². The fourth-order valence-corrected chi connectivity index (χ4v) is 4.51. The molecule has 138 valence electrons. The molecule has 3 aliphatic heterocycles. The Morgan fingerprint density at radius 1 is 1.24 bits per heavy atom. The molecular formula is C18H28N4O3. The van der Waals surface area contributed by atoms with Crippen molar-refractivity contribution in [2.24, 2.45) is 24.8 Å². The maximum absolute atomic E-state index is 12.6. The number of aryl methyl sites for hydroxylation is 1. The fraction of sp³-hybridized carbons (Fsp3) is 0.778. The first kappa shape index (κ1) is 17.0. The van der Waals surface area contributed by atoms with Crippen molar-refractivity contribution in [3.63, 3.8) is 0 Å². The summed E-state index contributed by atoms with van der Waals surface area (Å²) in [6.45, 7) is 7.39. The molecule has 7 nitrogen and oxygen atoms in total. The quantitative estimate of drug-likeness (QED) is 0.787. The molecule has 0 radical (unpaired) electrons. The second-order valence-corrected chi connectivity index (χ2v) is 7.64. The van der Waals surface area contributed by atoms with Gasteiger partial charge in [-0.2, -0.15) is 5.10 Å². The van der Waals surface area contributed by atoms with Crippen LogP contribution in [0.15, 0.2) is 12.4 Å². The number of likely N-dealkylation sites (tertiary alicyclic amines) is 1. The molecule has 3 atom stereocenters. The molecule has 3 fully saturated rings. The second-order valence-electron chi connectivity index (χ2n) is 7.64. The van der Waals surface area contributed by atoms with Crippen molar-refractivity contribution in [2.75, 3.05) is 52.6 Å². The van der Waals surface area contributed by atoms with E-state index in [4.69, 9.17) is 9.47 Å². The molecule has 0 bridgehead atoms. The van der Waals surface area contributed by atoms with Crippen LogP contribution in [0.3, 0.4) is 0 Å². The Labute approximate surface area is 148 Å². The number of fused-ring (bicyclic) bond motifs is 1. The molecule has 4 heterocycles. The maximum atomic E-state index is 12.6. The Kier molecular flexibility index (Phi) is 5.05. The summed E-state index contributed by atoms with van der Waals surface area (Å²) < 4.78 is 13.1. The minimum absolute atomic E-state index is 0.267. The van der Waals surface area contributed by atoms with E-state index < -0.39 is 0 Å². The number of morpholine rings is 1. The molecule has 3 saturated heterocycles. The minimum atomic E-state index is 0.267. The van der Waals surface area contributed by atoms with Crippen molar-refractivity contribution in [2.45, 2.75) is 13.0 Å². The monoisotopic (exact) mass is 348 g/mol. The van der Waals surface area contributed by atoms with Crippen molar-refractivity contribution in [3.05, 3.63) is 18.0 Å². The number of hydrogen-bond donors (Lipinski definition) is 0. The van der Waals surface area contributed by atoms with Gasteiger partial charge in [0.25, 0.3) is 0 Å². The van der Waals surface area contributed by atoms with Crippen molar-refractivity contribution in [1.82, 2.24) is 19.6 Å². The predicted molar refractivity (Wildman–Crippen MR) is 91.8 cm³/mol. The number of rotatable bonds is 4. The maximum Gasteiger partial charge on any atom is 0.223 e. The molecule has 4 rings (SSSR count). The van der Waals surface area contributed by atoms with Crippen molar-refractivity contribution < 1.29 is 14.3 Å². The highest BCUT2D eigenvalue weighted by molar-refractivity contribution is 5.76. The minimum Gasteiger partial charge on any atom is -0.381 e. The average molecular weight is 348 g/mol. The van der Waals surface area contributed by atoms with E-state index in [2.05, 4.69) is 16.2 Å². The van der Waals surface area contributed by atoms with Crippen molar-refractivity contribution in [1.29, 1.82) is 0 Å². The van der Waals surface area contributed by atoms with Gasteiger partial charge in [0.2, 0.25) is 5.91 Å². The number of aromatic nitrogens is 2. The van der Waals surface area contributed by atoms with Crippen LogP contribution in [0.5, 0.6) is 0 Å². The second kappa shape index (κ2) is 7.43. The highest BCUT2D eigenvalue weighted by Gasteiger charge is 2.42. The van der Waals surface area contributed by atoms with E-state index in [-0.39, 0.29) is 5.91 Å². The number of carbonyl (C=O) groups excluding carboxylic acids is 1. The third-order valence-electron chi connectivity index (χ3n) is 5.80. The molecule has 25 heavy (non-hydrogen) atoms. The van der Waals surface area contributed by atoms with E-state index in [0.717, 1.165) is 45.9 Å². The zero-order valence-corrected chi connectivity index (χ0v) is 15.0. The molecule has 0 aliphatic carbocycles. The van der Waals surface area contributed by atoms with E-state index in [1.807, 2.05) is 22.8 Å². The van der Waals surface area contributed by atoms with Crippen molar-refractivity contribution >= 4 is 5.91 Å². The first-order valence-electron chi connectivity index (χ1n) is 9.32. The Bertz CT molecular complexity index is 599. The molecule has 7 heteroatoms. The zero-order valence-electron chi connectivity index (χ0n) is 15.0. The smallest absolute Gasteiger partial charge is 0.223 e. The van der Waals surface area contributed by atoms with Crippen LogP contribution < -0.4 is 0 Å². The molecule has 1 aromatic rings. The van der Waals surface area contributed by atoms with E-state index in [1.165, 1.54) is 5.56 Å². The molecule has 0 saturated carbocycles. The molecule has 0 aromatic carbocycles. The summed E-state index contributed by atoms with van der Waals surface area (Å²) in [5, 5.41) is 4.26. The van der Waals surface area contributed by atoms with Gasteiger partial charge in [-0.1, -0.05) is 0 Å². The Morgan fingerprint density at radius 3 is 2.84 bits per heavy atom. The lowest BCUT2D eigenvalue weighted by molar-refractivity contribution is -0.138. The SMILES string of the molecule is Cn1cc(CN2C[C@@H]3COC[C@@H](CC(=O)N4CCOCC4)[C@@H]3C2)cn1. The van der Waals surface area contributed by atoms with Gasteiger partial charge in [0, 0.05) is 58.0 Å². The molecular weight excluding hydrogens is 320 g/mol. The van der Waals surface area contributed by atoms with Gasteiger partial charge in [0.05, 0.1) is 32.6 Å². The number of amides is 1. The van der Waals surface area contributed by atoms with Crippen LogP contribution in [0.1, 0.15) is 12.0 Å². The van der Waals surface area contributed by atoms with Gasteiger partial charge in [-0.15, -0.1) is 0 Å². The van der Waals surface area contributed by atoms with Crippen LogP contribution in [-0.4, -0.2) is 78.1 Å². The number of hydrogen-bond acceptors (Lipinski definition) is 5. The largest absolute Gasteiger partial charge is 0.381 e. The number of ether oxygens (including phenoxy) is 2. The van der Waals surface area contributed by atoms with Gasteiger partial charge in [-0.3, -0.25) is 14.4 Å². The van der Waals surface area contributed by atoms with Gasteiger partial charge in [0.1, 0.15) is 0 Å².